The number of likely N-dealkylation sites (N-methyl/N-ethyl adjacent to an activating group) is 1. The summed E-state index contributed by atoms with van der Waals surface area (Å²) in [4.78, 5) is 14.6. The van der Waals surface area contributed by atoms with Crippen LogP contribution < -0.4 is 4.74 Å². The van der Waals surface area contributed by atoms with Gasteiger partial charge in [-0.1, -0.05) is 6.92 Å². The van der Waals surface area contributed by atoms with Crippen molar-refractivity contribution in [1.82, 2.24) is 4.90 Å². The lowest BCUT2D eigenvalue weighted by Crippen LogP contribution is -2.48. The molecule has 108 valence electrons. The Labute approximate surface area is 122 Å². The highest BCUT2D eigenvalue weighted by atomic mass is 35.5. The molecular formula is C15H24ClNO2. The van der Waals surface area contributed by atoms with Gasteiger partial charge in [0.15, 0.2) is 5.78 Å². The third kappa shape index (κ3) is 4.22. The number of nitrogens with zero attached hydrogens (tertiary/aromatic N) is 1. The number of methoxy groups -OCH3 is 1. The molecule has 0 aliphatic heterocycles. The number of carbonyl (C=O) groups is 1. The Kier molecular flexibility index (Phi) is 7.09. The van der Waals surface area contributed by atoms with Crippen LogP contribution in [-0.4, -0.2) is 36.9 Å². The summed E-state index contributed by atoms with van der Waals surface area (Å²) in [6, 6.07) is 7.29. The third-order valence-corrected chi connectivity index (χ3v) is 3.42. The molecule has 0 unspecified atom stereocenters. The summed E-state index contributed by atoms with van der Waals surface area (Å²) in [5, 5.41) is 0. The minimum atomic E-state index is -0.482. The van der Waals surface area contributed by atoms with Crippen LogP contribution in [0.4, 0.5) is 0 Å². The molecule has 0 aliphatic rings. The monoisotopic (exact) mass is 285 g/mol. The molecule has 4 heteroatoms. The Bertz CT molecular complexity index is 401. The summed E-state index contributed by atoms with van der Waals surface area (Å²) in [5.74, 6) is 0.910. The number of ketones is 1. The van der Waals surface area contributed by atoms with Crippen LogP contribution in [0.25, 0.3) is 0 Å². The lowest BCUT2D eigenvalue weighted by molar-refractivity contribution is 0.0707. The van der Waals surface area contributed by atoms with E-state index in [0.717, 1.165) is 24.3 Å². The molecule has 0 aromatic heterocycles. The van der Waals surface area contributed by atoms with Gasteiger partial charge in [-0.15, -0.1) is 12.4 Å². The number of Topliss-reactive ketones (excluding diaryl/α,β-unsaturated/α-hetero) is 1. The highest BCUT2D eigenvalue weighted by Gasteiger charge is 2.32. The highest BCUT2D eigenvalue weighted by Crippen LogP contribution is 2.21. The van der Waals surface area contributed by atoms with Crippen LogP contribution in [0.1, 0.15) is 37.6 Å². The highest BCUT2D eigenvalue weighted by molar-refractivity contribution is 6.02. The lowest BCUT2D eigenvalue weighted by atomic mass is 9.91. The molecular weight excluding hydrogens is 262 g/mol. The number of halogens is 1. The van der Waals surface area contributed by atoms with Crippen molar-refractivity contribution in [3.8, 4) is 5.75 Å². The number of rotatable bonds is 6. The molecule has 0 saturated carbocycles. The zero-order chi connectivity index (χ0) is 13.8. The number of hydrogen-bond donors (Lipinski definition) is 0. The fourth-order valence-electron chi connectivity index (χ4n) is 1.88. The number of ether oxygens (including phenoxy) is 1. The van der Waals surface area contributed by atoms with Crippen molar-refractivity contribution in [2.75, 3.05) is 20.7 Å². The molecule has 1 rings (SSSR count). The second-order valence-corrected chi connectivity index (χ2v) is 5.04. The van der Waals surface area contributed by atoms with Gasteiger partial charge in [0.2, 0.25) is 0 Å². The van der Waals surface area contributed by atoms with E-state index >= 15 is 0 Å². The maximum atomic E-state index is 12.5. The zero-order valence-electron chi connectivity index (χ0n) is 12.4. The number of carbonyl (C=O) groups excluding carboxylic acids is 1. The topological polar surface area (TPSA) is 29.5 Å². The molecule has 0 saturated heterocycles. The quantitative estimate of drug-likeness (QED) is 0.750. The van der Waals surface area contributed by atoms with Gasteiger partial charge in [0.1, 0.15) is 5.75 Å². The molecule has 0 bridgehead atoms. The van der Waals surface area contributed by atoms with Crippen molar-refractivity contribution in [1.29, 1.82) is 0 Å². The molecule has 0 fully saturated rings. The summed E-state index contributed by atoms with van der Waals surface area (Å²) in [6.07, 6.45) is 1.04. The maximum absolute atomic E-state index is 12.5. The molecule has 0 spiro atoms. The molecule has 19 heavy (non-hydrogen) atoms. The Morgan fingerprint density at radius 2 is 1.79 bits per heavy atom. The molecule has 0 N–H and O–H groups in total. The van der Waals surface area contributed by atoms with Crippen molar-refractivity contribution < 1.29 is 9.53 Å². The van der Waals surface area contributed by atoms with Crippen LogP contribution >= 0.6 is 12.4 Å². The Hall–Kier alpha value is -1.06. The van der Waals surface area contributed by atoms with Crippen molar-refractivity contribution in [2.45, 2.75) is 32.7 Å². The smallest absolute Gasteiger partial charge is 0.182 e. The van der Waals surface area contributed by atoms with Crippen molar-refractivity contribution in [3.63, 3.8) is 0 Å². The third-order valence-electron chi connectivity index (χ3n) is 3.42. The van der Waals surface area contributed by atoms with Gasteiger partial charge in [0.25, 0.3) is 0 Å². The predicted molar refractivity (Wildman–Crippen MR) is 81.6 cm³/mol. The summed E-state index contributed by atoms with van der Waals surface area (Å²) in [5.41, 5.74) is 0.244. The predicted octanol–water partition coefficient (Wildman–Crippen LogP) is 3.42. The van der Waals surface area contributed by atoms with Gasteiger partial charge in [-0.05, 0) is 58.1 Å². The zero-order valence-corrected chi connectivity index (χ0v) is 13.2. The molecule has 0 amide bonds. The fraction of sp³-hybridized carbons (Fsp3) is 0.533. The first-order valence-electron chi connectivity index (χ1n) is 6.33. The average molecular weight is 286 g/mol. The molecule has 0 heterocycles. The van der Waals surface area contributed by atoms with Crippen LogP contribution in [-0.2, 0) is 0 Å². The second-order valence-electron chi connectivity index (χ2n) is 5.04. The van der Waals surface area contributed by atoms with E-state index in [2.05, 4.69) is 11.8 Å². The Morgan fingerprint density at radius 3 is 2.21 bits per heavy atom. The first-order valence-corrected chi connectivity index (χ1v) is 6.33. The van der Waals surface area contributed by atoms with E-state index in [-0.39, 0.29) is 18.2 Å². The largest absolute Gasteiger partial charge is 0.497 e. The van der Waals surface area contributed by atoms with Crippen LogP contribution in [0.15, 0.2) is 24.3 Å². The summed E-state index contributed by atoms with van der Waals surface area (Å²) in [7, 11) is 3.61. The van der Waals surface area contributed by atoms with Crippen LogP contribution in [0, 0.1) is 0 Å². The molecule has 1 aromatic carbocycles. The summed E-state index contributed by atoms with van der Waals surface area (Å²) in [6.45, 7) is 6.96. The number of hydrogen-bond acceptors (Lipinski definition) is 3. The lowest BCUT2D eigenvalue weighted by Gasteiger charge is -2.34. The molecule has 0 aliphatic carbocycles. The molecule has 3 nitrogen and oxygen atoms in total. The summed E-state index contributed by atoms with van der Waals surface area (Å²) >= 11 is 0. The van der Waals surface area contributed by atoms with Crippen LogP contribution in [0.5, 0.6) is 5.75 Å². The first-order chi connectivity index (χ1) is 8.43. The second kappa shape index (κ2) is 7.51. The van der Waals surface area contributed by atoms with E-state index in [1.54, 1.807) is 7.11 Å². The van der Waals surface area contributed by atoms with Gasteiger partial charge in [-0.3, -0.25) is 9.69 Å². The van der Waals surface area contributed by atoms with E-state index in [1.807, 2.05) is 45.2 Å². The summed E-state index contributed by atoms with van der Waals surface area (Å²) < 4.78 is 5.10. The maximum Gasteiger partial charge on any atom is 0.182 e. The van der Waals surface area contributed by atoms with Gasteiger partial charge in [-0.25, -0.2) is 0 Å². The van der Waals surface area contributed by atoms with E-state index in [0.29, 0.717) is 0 Å². The van der Waals surface area contributed by atoms with E-state index in [4.69, 9.17) is 4.74 Å². The van der Waals surface area contributed by atoms with Gasteiger partial charge >= 0.3 is 0 Å². The van der Waals surface area contributed by atoms with Crippen molar-refractivity contribution >= 4 is 18.2 Å². The fourth-order valence-corrected chi connectivity index (χ4v) is 1.88. The van der Waals surface area contributed by atoms with Crippen LogP contribution in [0.2, 0.25) is 0 Å². The molecule has 0 atom stereocenters. The minimum Gasteiger partial charge on any atom is -0.497 e. The van der Waals surface area contributed by atoms with Crippen molar-refractivity contribution in [3.05, 3.63) is 29.8 Å². The van der Waals surface area contributed by atoms with Gasteiger partial charge in [0.05, 0.1) is 12.6 Å². The van der Waals surface area contributed by atoms with Gasteiger partial charge in [-0.2, -0.15) is 0 Å². The minimum absolute atomic E-state index is 0. The first kappa shape index (κ1) is 17.9. The Morgan fingerprint density at radius 1 is 1.26 bits per heavy atom. The normalized spacial score (nSPS) is 11.1. The number of benzene rings is 1. The molecule has 1 aromatic rings. The van der Waals surface area contributed by atoms with E-state index in [1.165, 1.54) is 0 Å². The van der Waals surface area contributed by atoms with Gasteiger partial charge in [0, 0.05) is 5.56 Å². The van der Waals surface area contributed by atoms with Gasteiger partial charge < -0.3 is 4.74 Å². The average Bonchev–Trinajstić information content (AvgIpc) is 2.38. The SMILES string of the molecule is CCCN(C)C(C)(C)C(=O)c1ccc(OC)cc1.Cl. The molecule has 0 radical (unpaired) electrons. The Balaban J connectivity index is 0.00000324. The van der Waals surface area contributed by atoms with E-state index < -0.39 is 5.54 Å². The van der Waals surface area contributed by atoms with Crippen LogP contribution in [0.3, 0.4) is 0 Å². The van der Waals surface area contributed by atoms with E-state index in [9.17, 15) is 4.79 Å². The standard InChI is InChI=1S/C15H23NO2.ClH/c1-6-11-16(4)15(2,3)14(17)12-7-9-13(18-5)10-8-12;/h7-10H,6,11H2,1-5H3;1H. The van der Waals surface area contributed by atoms with Crippen molar-refractivity contribution in [2.24, 2.45) is 0 Å².